The summed E-state index contributed by atoms with van der Waals surface area (Å²) in [5.74, 6) is -0.204. The molecule has 3 heterocycles. The summed E-state index contributed by atoms with van der Waals surface area (Å²) in [6, 6.07) is 0. The first-order valence-electron chi connectivity index (χ1n) is 8.00. The van der Waals surface area contributed by atoms with Gasteiger partial charge in [-0.05, 0) is 6.92 Å². The fourth-order valence-electron chi connectivity index (χ4n) is 3.07. The van der Waals surface area contributed by atoms with Crippen LogP contribution in [0.3, 0.4) is 0 Å². The van der Waals surface area contributed by atoms with Crippen molar-refractivity contribution in [1.29, 1.82) is 0 Å². The van der Waals surface area contributed by atoms with Crippen molar-refractivity contribution in [2.45, 2.75) is 56.7 Å². The van der Waals surface area contributed by atoms with Gasteiger partial charge in [0.05, 0.1) is 24.9 Å². The van der Waals surface area contributed by atoms with Crippen molar-refractivity contribution in [2.24, 2.45) is 0 Å². The topological polar surface area (TPSA) is 149 Å². The molecule has 0 radical (unpaired) electrons. The van der Waals surface area contributed by atoms with E-state index in [1.165, 1.54) is 13.1 Å². The molecule has 2 aromatic rings. The van der Waals surface area contributed by atoms with E-state index in [4.69, 9.17) is 10.5 Å². The van der Waals surface area contributed by atoms with Crippen molar-refractivity contribution in [3.63, 3.8) is 0 Å². The van der Waals surface area contributed by atoms with Crippen LogP contribution in [0.25, 0.3) is 11.2 Å². The minimum absolute atomic E-state index is 0.0700. The number of aromatic nitrogens is 4. The van der Waals surface area contributed by atoms with Crippen LogP contribution in [0.5, 0.6) is 0 Å². The third-order valence-corrected chi connectivity index (χ3v) is 4.23. The molecule has 1 fully saturated rings. The summed E-state index contributed by atoms with van der Waals surface area (Å²) in [7, 11) is 0. The number of imidazole rings is 1. The molecular formula is C14H18F3N5O5. The molecule has 0 aromatic carbocycles. The predicted octanol–water partition coefficient (Wildman–Crippen LogP) is -0.872. The molecule has 0 spiro atoms. The van der Waals surface area contributed by atoms with Crippen LogP contribution in [0.15, 0.2) is 11.0 Å². The second kappa shape index (κ2) is 6.74. The summed E-state index contributed by atoms with van der Waals surface area (Å²) in [5.41, 5.74) is 4.84. The van der Waals surface area contributed by atoms with Crippen molar-refractivity contribution in [1.82, 2.24) is 19.1 Å². The van der Waals surface area contributed by atoms with Crippen LogP contribution in [0.2, 0.25) is 0 Å². The van der Waals surface area contributed by atoms with Crippen LogP contribution in [0.1, 0.15) is 19.6 Å². The zero-order valence-corrected chi connectivity index (χ0v) is 14.0. The van der Waals surface area contributed by atoms with Gasteiger partial charge in [0.2, 0.25) is 5.95 Å². The van der Waals surface area contributed by atoms with Crippen LogP contribution < -0.4 is 11.4 Å². The van der Waals surface area contributed by atoms with E-state index in [0.29, 0.717) is 0 Å². The molecule has 0 unspecified atom stereocenters. The number of alkyl halides is 3. The number of hydrogen-bond donors (Lipinski definition) is 4. The molecule has 1 aliphatic rings. The van der Waals surface area contributed by atoms with E-state index in [9.17, 15) is 33.3 Å². The average Bonchev–Trinajstić information content (AvgIpc) is 3.04. The Morgan fingerprint density at radius 2 is 2.11 bits per heavy atom. The molecular weight excluding hydrogens is 375 g/mol. The van der Waals surface area contributed by atoms with Gasteiger partial charge < -0.3 is 25.8 Å². The number of nitrogens with zero attached hydrogens (tertiary/aromatic N) is 4. The smallest absolute Gasteiger partial charge is 0.392 e. The molecule has 150 valence electrons. The zero-order valence-electron chi connectivity index (χ0n) is 14.0. The summed E-state index contributed by atoms with van der Waals surface area (Å²) < 4.78 is 45.3. The summed E-state index contributed by atoms with van der Waals surface area (Å²) >= 11 is 0. The number of hydrogen-bond acceptors (Lipinski definition) is 8. The molecule has 27 heavy (non-hydrogen) atoms. The molecule has 13 heteroatoms. The Hall–Kier alpha value is -2.22. The van der Waals surface area contributed by atoms with Crippen molar-refractivity contribution < 1.29 is 33.2 Å². The molecule has 5 atom stereocenters. The van der Waals surface area contributed by atoms with E-state index < -0.39 is 48.9 Å². The number of anilines is 1. The highest BCUT2D eigenvalue weighted by Gasteiger charge is 2.50. The SMILES string of the molecule is C[C@@H](O)Cn1c(=O)n([C@@H]2O[C@H]([C@@H](O)C(F)(F)F)C[C@H]2O)c2nc(N)ncc21. The molecule has 1 saturated heterocycles. The van der Waals surface area contributed by atoms with Crippen LogP contribution in [-0.4, -0.2) is 65.0 Å². The minimum Gasteiger partial charge on any atom is -0.392 e. The van der Waals surface area contributed by atoms with Crippen molar-refractivity contribution in [2.75, 3.05) is 5.73 Å². The number of ether oxygens (including phenoxy) is 1. The lowest BCUT2D eigenvalue weighted by molar-refractivity contribution is -0.237. The van der Waals surface area contributed by atoms with Gasteiger partial charge >= 0.3 is 11.9 Å². The first-order chi connectivity index (χ1) is 12.5. The highest BCUT2D eigenvalue weighted by atomic mass is 19.4. The molecule has 1 aliphatic heterocycles. The number of nitrogens with two attached hydrogens (primary N) is 1. The first kappa shape index (κ1) is 19.5. The Kier molecular flexibility index (Phi) is 4.88. The molecule has 2 aromatic heterocycles. The highest BCUT2D eigenvalue weighted by molar-refractivity contribution is 5.72. The van der Waals surface area contributed by atoms with Gasteiger partial charge in [0.25, 0.3) is 0 Å². The normalized spacial score (nSPS) is 25.8. The third-order valence-electron chi connectivity index (χ3n) is 4.23. The van der Waals surface area contributed by atoms with Crippen LogP contribution >= 0.6 is 0 Å². The van der Waals surface area contributed by atoms with Crippen LogP contribution in [-0.2, 0) is 11.3 Å². The van der Waals surface area contributed by atoms with E-state index in [2.05, 4.69) is 9.97 Å². The second-order valence-electron chi connectivity index (χ2n) is 6.40. The molecule has 0 amide bonds. The molecule has 0 aliphatic carbocycles. The summed E-state index contributed by atoms with van der Waals surface area (Å²) in [6.45, 7) is 1.29. The Bertz CT molecular complexity index is 896. The third kappa shape index (κ3) is 3.50. The fraction of sp³-hybridized carbons (Fsp3) is 0.643. The minimum atomic E-state index is -4.95. The number of nitrogen functional groups attached to an aromatic ring is 1. The van der Waals surface area contributed by atoms with Crippen molar-refractivity contribution in [3.8, 4) is 0 Å². The summed E-state index contributed by atoms with van der Waals surface area (Å²) in [6.07, 6.45) is -12.8. The highest BCUT2D eigenvalue weighted by Crippen LogP contribution is 2.36. The molecule has 0 saturated carbocycles. The monoisotopic (exact) mass is 393 g/mol. The lowest BCUT2D eigenvalue weighted by atomic mass is 10.1. The van der Waals surface area contributed by atoms with Crippen LogP contribution in [0.4, 0.5) is 19.1 Å². The van der Waals surface area contributed by atoms with E-state index in [0.717, 1.165) is 9.13 Å². The maximum atomic E-state index is 12.8. The number of fused-ring (bicyclic) bond motifs is 1. The molecule has 5 N–H and O–H groups in total. The number of aliphatic hydroxyl groups is 3. The van der Waals surface area contributed by atoms with Gasteiger partial charge in [-0.15, -0.1) is 0 Å². The Morgan fingerprint density at radius 3 is 2.70 bits per heavy atom. The Labute approximate surface area is 149 Å². The predicted molar refractivity (Wildman–Crippen MR) is 84.5 cm³/mol. The van der Waals surface area contributed by atoms with E-state index in [1.54, 1.807) is 0 Å². The van der Waals surface area contributed by atoms with Crippen LogP contribution in [0, 0.1) is 0 Å². The van der Waals surface area contributed by atoms with Gasteiger partial charge in [0.1, 0.15) is 11.6 Å². The standard InChI is InChI=1S/C14H18F3N5O5/c1-5(23)4-21-6-3-19-12(18)20-10(6)22(13(21)26)11-7(24)2-8(27-11)9(25)14(15,16)17/h3,5,7-9,11,23-25H,2,4H2,1H3,(H2,18,19,20)/t5-,7-,8+,9-,11-/m1/s1. The summed E-state index contributed by atoms with van der Waals surface area (Å²) in [5, 5.41) is 29.2. The van der Waals surface area contributed by atoms with Gasteiger partial charge in [0.15, 0.2) is 18.0 Å². The number of rotatable bonds is 4. The fourth-order valence-corrected chi connectivity index (χ4v) is 3.07. The lowest BCUT2D eigenvalue weighted by Crippen LogP contribution is -2.40. The molecule has 0 bridgehead atoms. The van der Waals surface area contributed by atoms with Gasteiger partial charge in [-0.2, -0.15) is 18.2 Å². The van der Waals surface area contributed by atoms with E-state index in [1.807, 2.05) is 0 Å². The van der Waals surface area contributed by atoms with E-state index >= 15 is 0 Å². The second-order valence-corrected chi connectivity index (χ2v) is 6.40. The average molecular weight is 393 g/mol. The summed E-state index contributed by atoms with van der Waals surface area (Å²) in [4.78, 5) is 20.5. The first-order valence-corrected chi connectivity index (χ1v) is 8.00. The maximum absolute atomic E-state index is 12.8. The quantitative estimate of drug-likeness (QED) is 0.524. The number of halogens is 3. The largest absolute Gasteiger partial charge is 0.416 e. The van der Waals surface area contributed by atoms with Crippen molar-refractivity contribution >= 4 is 17.1 Å². The number of aliphatic hydroxyl groups excluding tert-OH is 3. The van der Waals surface area contributed by atoms with Crippen molar-refractivity contribution in [3.05, 3.63) is 16.7 Å². The molecule has 10 nitrogen and oxygen atoms in total. The Morgan fingerprint density at radius 1 is 1.44 bits per heavy atom. The Balaban J connectivity index is 2.07. The van der Waals surface area contributed by atoms with Gasteiger partial charge in [-0.1, -0.05) is 0 Å². The lowest BCUT2D eigenvalue weighted by Gasteiger charge is -2.21. The van der Waals surface area contributed by atoms with E-state index in [-0.39, 0.29) is 23.7 Å². The molecule has 3 rings (SSSR count). The van der Waals surface area contributed by atoms with Gasteiger partial charge in [-0.25, -0.2) is 14.3 Å². The van der Waals surface area contributed by atoms with Gasteiger partial charge in [0, 0.05) is 6.42 Å². The maximum Gasteiger partial charge on any atom is 0.416 e. The zero-order chi connectivity index (χ0) is 20.1. The van der Waals surface area contributed by atoms with Gasteiger partial charge in [-0.3, -0.25) is 4.57 Å².